The molecule has 0 bridgehead atoms. The summed E-state index contributed by atoms with van der Waals surface area (Å²) < 4.78 is 0. The van der Waals surface area contributed by atoms with Crippen LogP contribution in [0.3, 0.4) is 0 Å². The normalized spacial score (nSPS) is 14.2. The van der Waals surface area contributed by atoms with Gasteiger partial charge >= 0.3 is 5.97 Å². The van der Waals surface area contributed by atoms with Gasteiger partial charge in [0.05, 0.1) is 6.04 Å². The van der Waals surface area contributed by atoms with Crippen molar-refractivity contribution < 1.29 is 29.1 Å². The zero-order chi connectivity index (χ0) is 31.5. The molecule has 20 heteroatoms. The molecule has 0 aromatic heterocycles. The number of carboxylic acid groups (broad SMARTS) is 1. The number of amides is 4. The molecule has 0 aliphatic heterocycles. The number of nitrogens with zero attached hydrogens (tertiary/aromatic N) is 2. The van der Waals surface area contributed by atoms with Gasteiger partial charge in [0.1, 0.15) is 24.2 Å². The van der Waals surface area contributed by atoms with Gasteiger partial charge < -0.3 is 55.0 Å². The predicted octanol–water partition coefficient (Wildman–Crippen LogP) is -4.77. The number of guanidine groups is 2. The number of nitrogens with two attached hydrogens (primary N) is 5. The maximum Gasteiger partial charge on any atom is 0.327 e. The van der Waals surface area contributed by atoms with Crippen molar-refractivity contribution in [2.75, 3.05) is 30.3 Å². The van der Waals surface area contributed by atoms with Gasteiger partial charge in [0.2, 0.25) is 23.6 Å². The molecule has 0 aliphatic rings. The molecule has 234 valence electrons. The monoisotopic (exact) mass is 639 g/mol. The second kappa shape index (κ2) is 20.7. The Balaban J connectivity index is 5.86. The molecular weight excluding hydrogens is 599 g/mol. The molecule has 0 unspecified atom stereocenters. The van der Waals surface area contributed by atoms with Gasteiger partial charge in [-0.25, -0.2) is 4.79 Å². The molecule has 4 amide bonds. The van der Waals surface area contributed by atoms with E-state index in [4.69, 9.17) is 28.7 Å². The molecule has 41 heavy (non-hydrogen) atoms. The van der Waals surface area contributed by atoms with Gasteiger partial charge in [-0.3, -0.25) is 29.2 Å². The first kappa shape index (κ1) is 37.9. The van der Waals surface area contributed by atoms with Crippen LogP contribution in [-0.2, 0) is 24.0 Å². The van der Waals surface area contributed by atoms with Gasteiger partial charge in [0.25, 0.3) is 0 Å². The van der Waals surface area contributed by atoms with Crippen molar-refractivity contribution in [3.05, 3.63) is 0 Å². The maximum absolute atomic E-state index is 13.3. The summed E-state index contributed by atoms with van der Waals surface area (Å²) in [6.07, 6.45) is 0.559. The Morgan fingerprint density at radius 2 is 0.976 bits per heavy atom. The van der Waals surface area contributed by atoms with Gasteiger partial charge in [0, 0.05) is 30.3 Å². The lowest BCUT2D eigenvalue weighted by atomic mass is 10.1. The average molecular weight is 640 g/mol. The fraction of sp³-hybridized carbons (Fsp3) is 0.667. The van der Waals surface area contributed by atoms with Gasteiger partial charge in [-0.2, -0.15) is 37.9 Å². The fourth-order valence-corrected chi connectivity index (χ4v) is 3.77. The van der Waals surface area contributed by atoms with Crippen LogP contribution in [0.2, 0.25) is 0 Å². The molecule has 0 saturated carbocycles. The Morgan fingerprint density at radius 3 is 1.32 bits per heavy atom. The van der Waals surface area contributed by atoms with E-state index in [9.17, 15) is 29.1 Å². The van der Waals surface area contributed by atoms with Crippen LogP contribution in [-0.4, -0.2) is 107 Å². The second-order valence-corrected chi connectivity index (χ2v) is 9.73. The Hall–Kier alpha value is -3.10. The van der Waals surface area contributed by atoms with Gasteiger partial charge in [-0.05, 0) is 25.7 Å². The highest BCUT2D eigenvalue weighted by Crippen LogP contribution is 2.06. The van der Waals surface area contributed by atoms with E-state index in [-0.39, 0.29) is 68.0 Å². The third-order valence-corrected chi connectivity index (χ3v) is 6.43. The largest absolute Gasteiger partial charge is 0.480 e. The number of carbonyl (C=O) groups is 5. The first-order valence-corrected chi connectivity index (χ1v) is 14.3. The zero-order valence-corrected chi connectivity index (χ0v) is 25.0. The molecule has 0 aromatic rings. The summed E-state index contributed by atoms with van der Waals surface area (Å²) >= 11 is 12.0. The van der Waals surface area contributed by atoms with Crippen molar-refractivity contribution in [2.45, 2.75) is 55.9 Å². The topological polar surface area (TPSA) is 309 Å². The van der Waals surface area contributed by atoms with Crippen LogP contribution in [0.25, 0.3) is 0 Å². The maximum atomic E-state index is 13.3. The minimum absolute atomic E-state index is 0.0267. The minimum Gasteiger partial charge on any atom is -0.480 e. The lowest BCUT2D eigenvalue weighted by molar-refractivity contribution is -0.141. The Labute approximate surface area is 254 Å². The van der Waals surface area contributed by atoms with Crippen molar-refractivity contribution in [1.29, 1.82) is 0 Å². The number of hydrogen-bond acceptors (Lipinski definition) is 11. The molecule has 0 radical (unpaired) electrons. The van der Waals surface area contributed by atoms with Crippen LogP contribution in [0.15, 0.2) is 9.98 Å². The number of rotatable bonds is 20. The fourth-order valence-electron chi connectivity index (χ4n) is 3.10. The number of thiol groups is 3. The summed E-state index contributed by atoms with van der Waals surface area (Å²) in [6.45, 7) is 0.267. The van der Waals surface area contributed by atoms with E-state index < -0.39 is 59.8 Å². The Morgan fingerprint density at radius 1 is 0.610 bits per heavy atom. The van der Waals surface area contributed by atoms with Crippen molar-refractivity contribution in [3.63, 3.8) is 0 Å². The molecule has 15 N–H and O–H groups in total. The summed E-state index contributed by atoms with van der Waals surface area (Å²) in [4.78, 5) is 70.4. The number of carboxylic acids is 1. The minimum atomic E-state index is -1.32. The number of aliphatic carboxylic acids is 1. The van der Waals surface area contributed by atoms with Crippen molar-refractivity contribution in [3.8, 4) is 0 Å². The first-order chi connectivity index (χ1) is 19.3. The lowest BCUT2D eigenvalue weighted by Gasteiger charge is -2.26. The predicted molar refractivity (Wildman–Crippen MR) is 165 cm³/mol. The van der Waals surface area contributed by atoms with Crippen LogP contribution in [0.5, 0.6) is 0 Å². The average Bonchev–Trinajstić information content (AvgIpc) is 2.91. The molecule has 0 heterocycles. The van der Waals surface area contributed by atoms with E-state index in [1.807, 2.05) is 0 Å². The van der Waals surface area contributed by atoms with Crippen LogP contribution >= 0.6 is 37.9 Å². The van der Waals surface area contributed by atoms with Crippen LogP contribution in [0.4, 0.5) is 0 Å². The van der Waals surface area contributed by atoms with Crippen molar-refractivity contribution in [2.24, 2.45) is 38.7 Å². The van der Waals surface area contributed by atoms with E-state index in [0.29, 0.717) is 0 Å². The van der Waals surface area contributed by atoms with E-state index in [2.05, 4.69) is 69.1 Å². The van der Waals surface area contributed by atoms with E-state index in [1.165, 1.54) is 0 Å². The number of hydrogen-bond donors (Lipinski definition) is 13. The summed E-state index contributed by atoms with van der Waals surface area (Å²) in [5.41, 5.74) is 27.0. The van der Waals surface area contributed by atoms with E-state index in [1.54, 1.807) is 0 Å². The van der Waals surface area contributed by atoms with Gasteiger partial charge in [-0.15, -0.1) is 0 Å². The molecule has 0 aromatic carbocycles. The molecule has 5 atom stereocenters. The Kier molecular flexibility index (Phi) is 19.2. The third kappa shape index (κ3) is 16.1. The quantitative estimate of drug-likeness (QED) is 0.0259. The highest BCUT2D eigenvalue weighted by Gasteiger charge is 2.31. The van der Waals surface area contributed by atoms with Crippen LogP contribution in [0, 0.1) is 0 Å². The number of nitrogens with one attached hydrogen (secondary N) is 4. The smallest absolute Gasteiger partial charge is 0.327 e. The summed E-state index contributed by atoms with van der Waals surface area (Å²) in [5.74, 6) is -4.87. The molecule has 17 nitrogen and oxygen atoms in total. The molecule has 0 aliphatic carbocycles. The zero-order valence-electron chi connectivity index (χ0n) is 22.4. The number of aliphatic imine (C=N–C) groups is 2. The second-order valence-electron chi connectivity index (χ2n) is 8.63. The molecule has 0 rings (SSSR count). The van der Waals surface area contributed by atoms with Gasteiger partial charge in [0.15, 0.2) is 11.9 Å². The van der Waals surface area contributed by atoms with Crippen molar-refractivity contribution in [1.82, 2.24) is 21.3 Å². The lowest BCUT2D eigenvalue weighted by Crippen LogP contribution is -2.59. The molecule has 0 saturated heterocycles. The third-order valence-electron chi connectivity index (χ3n) is 5.30. The molecular formula is C21H41N11O6S3. The first-order valence-electron chi connectivity index (χ1n) is 12.4. The SMILES string of the molecule is NC(N)=NCCC[C@H](NC(=O)[C@H](CCCN=C(N)N)NC(=O)[C@H](CS)NC(=O)[C@@H](N)CS)C(=O)N[C@@H](CS)C(=O)O. The standard InChI is InChI=1S/C21H41N11O6S3/c22-10(7-39)15(33)31-13(8-40)18(36)30-11(3-1-5-27-20(23)24)16(34)29-12(4-2-6-28-21(25)26)17(35)32-14(9-41)19(37)38/h10-14,39-41H,1-9,22H2,(H,29,34)(H,30,36)(H,31,33)(H,32,35)(H,37,38)(H4,23,24,27)(H4,25,26,28)/t10-,11-,12-,13-,14-/m0/s1. The highest BCUT2D eigenvalue weighted by molar-refractivity contribution is 7.80. The van der Waals surface area contributed by atoms with Gasteiger partial charge in [-0.1, -0.05) is 0 Å². The molecule has 0 fully saturated rings. The summed E-state index contributed by atoms with van der Waals surface area (Å²) in [7, 11) is 0. The van der Waals surface area contributed by atoms with Crippen molar-refractivity contribution >= 4 is 79.4 Å². The Bertz CT molecular complexity index is 948. The van der Waals surface area contributed by atoms with E-state index in [0.717, 1.165) is 0 Å². The summed E-state index contributed by atoms with van der Waals surface area (Å²) in [5, 5.41) is 19.1. The highest BCUT2D eigenvalue weighted by atomic mass is 32.1. The van der Waals surface area contributed by atoms with Crippen LogP contribution in [0.1, 0.15) is 25.7 Å². The van der Waals surface area contributed by atoms with E-state index >= 15 is 0 Å². The van der Waals surface area contributed by atoms with Crippen LogP contribution < -0.4 is 49.9 Å². The summed E-state index contributed by atoms with van der Waals surface area (Å²) in [6, 6.07) is -5.86. The molecule has 0 spiro atoms. The number of carbonyl (C=O) groups excluding carboxylic acids is 4.